The summed E-state index contributed by atoms with van der Waals surface area (Å²) >= 11 is 0. The van der Waals surface area contributed by atoms with Gasteiger partial charge in [0.2, 0.25) is 0 Å². The molecule has 1 aliphatic rings. The summed E-state index contributed by atoms with van der Waals surface area (Å²) in [7, 11) is 3.09. The average Bonchev–Trinajstić information content (AvgIpc) is 3.22. The highest BCUT2D eigenvalue weighted by Crippen LogP contribution is 2.29. The number of aromatic nitrogens is 2. The molecule has 0 saturated carbocycles. The van der Waals surface area contributed by atoms with Gasteiger partial charge in [-0.2, -0.15) is 5.10 Å². The van der Waals surface area contributed by atoms with Gasteiger partial charge in [0.1, 0.15) is 5.82 Å². The number of hydrogen-bond acceptors (Lipinski definition) is 6. The van der Waals surface area contributed by atoms with Crippen LogP contribution in [0.5, 0.6) is 11.5 Å². The summed E-state index contributed by atoms with van der Waals surface area (Å²) in [5.74, 6) is 1.47. The molecule has 1 amide bonds. The van der Waals surface area contributed by atoms with Crippen molar-refractivity contribution < 1.29 is 14.3 Å². The molecule has 29 heavy (non-hydrogen) atoms. The summed E-state index contributed by atoms with van der Waals surface area (Å²) in [6.45, 7) is 0.696. The van der Waals surface area contributed by atoms with E-state index in [1.54, 1.807) is 48.1 Å². The van der Waals surface area contributed by atoms with E-state index in [2.05, 4.69) is 15.5 Å². The quantitative estimate of drug-likeness (QED) is 0.530. The van der Waals surface area contributed by atoms with Gasteiger partial charge in [-0.25, -0.2) is 10.4 Å². The van der Waals surface area contributed by atoms with Gasteiger partial charge in [-0.1, -0.05) is 6.07 Å². The molecule has 4 rings (SSSR count). The molecule has 148 valence electrons. The van der Waals surface area contributed by atoms with Gasteiger partial charge in [-0.05, 0) is 36.8 Å². The van der Waals surface area contributed by atoms with Gasteiger partial charge >= 0.3 is 0 Å². The Labute approximate surface area is 166 Å². The molecule has 0 radical (unpaired) electrons. The van der Waals surface area contributed by atoms with Crippen molar-refractivity contribution in [2.24, 2.45) is 5.10 Å². The minimum Gasteiger partial charge on any atom is -0.493 e. The fourth-order valence-corrected chi connectivity index (χ4v) is 3.46. The third-order valence-corrected chi connectivity index (χ3v) is 4.88. The van der Waals surface area contributed by atoms with Crippen molar-refractivity contribution in [3.63, 3.8) is 0 Å². The number of nitrogens with one attached hydrogen (secondary N) is 1. The fraction of sp³-hybridized carbons (Fsp3) is 0.238. The van der Waals surface area contributed by atoms with Crippen molar-refractivity contribution in [1.29, 1.82) is 0 Å². The van der Waals surface area contributed by atoms with E-state index < -0.39 is 5.91 Å². The molecular weight excluding hydrogens is 372 g/mol. The summed E-state index contributed by atoms with van der Waals surface area (Å²) in [5, 5.41) is 4.52. The predicted octanol–water partition coefficient (Wildman–Crippen LogP) is 2.12. The summed E-state index contributed by atoms with van der Waals surface area (Å²) in [6, 6.07) is 10.2. The standard InChI is InChI=1S/C21H20N4O4/c1-28-17-6-3-5-14(19(17)29-2)12-22-24-20(26)13-8-9-15-16(11-13)23-18-7-4-10-25(18)21(15)27/h3,5-6,8-9,11-12H,4,7,10H2,1-2H3,(H,24,26)/b22-12-. The Bertz CT molecular complexity index is 1180. The SMILES string of the molecule is COc1cccc(/C=N\NC(=O)c2ccc3c(=O)n4c(nc3c2)CCC4)c1OC. The van der Waals surface area contributed by atoms with Crippen molar-refractivity contribution in [1.82, 2.24) is 15.0 Å². The lowest BCUT2D eigenvalue weighted by Gasteiger charge is -2.09. The summed E-state index contributed by atoms with van der Waals surface area (Å²) in [6.07, 6.45) is 3.17. The zero-order chi connectivity index (χ0) is 20.4. The Morgan fingerprint density at radius 2 is 2.10 bits per heavy atom. The smallest absolute Gasteiger partial charge is 0.271 e. The Morgan fingerprint density at radius 1 is 1.24 bits per heavy atom. The van der Waals surface area contributed by atoms with Crippen LogP contribution in [0.1, 0.15) is 28.2 Å². The van der Waals surface area contributed by atoms with Crippen LogP contribution in [0.3, 0.4) is 0 Å². The van der Waals surface area contributed by atoms with Gasteiger partial charge in [0.25, 0.3) is 11.5 Å². The number of aryl methyl sites for hydroxylation is 1. The van der Waals surface area contributed by atoms with Crippen LogP contribution in [-0.2, 0) is 13.0 Å². The van der Waals surface area contributed by atoms with E-state index in [1.807, 2.05) is 0 Å². The number of methoxy groups -OCH3 is 2. The van der Waals surface area contributed by atoms with Crippen LogP contribution in [0.2, 0.25) is 0 Å². The van der Waals surface area contributed by atoms with Gasteiger partial charge in [-0.15, -0.1) is 0 Å². The van der Waals surface area contributed by atoms with Crippen LogP contribution >= 0.6 is 0 Å². The number of nitrogens with zero attached hydrogens (tertiary/aromatic N) is 3. The number of para-hydroxylation sites is 1. The van der Waals surface area contributed by atoms with Crippen LogP contribution in [0.25, 0.3) is 10.9 Å². The summed E-state index contributed by atoms with van der Waals surface area (Å²) in [4.78, 5) is 29.5. The zero-order valence-corrected chi connectivity index (χ0v) is 16.1. The second-order valence-electron chi connectivity index (χ2n) is 6.60. The van der Waals surface area contributed by atoms with Crippen LogP contribution in [0, 0.1) is 0 Å². The summed E-state index contributed by atoms with van der Waals surface area (Å²) < 4.78 is 12.3. The summed E-state index contributed by atoms with van der Waals surface area (Å²) in [5.41, 5.74) is 4.00. The fourth-order valence-electron chi connectivity index (χ4n) is 3.46. The molecule has 0 unspecified atom stereocenters. The molecule has 8 nitrogen and oxygen atoms in total. The molecule has 1 N–H and O–H groups in total. The predicted molar refractivity (Wildman–Crippen MR) is 109 cm³/mol. The molecule has 1 aliphatic heterocycles. The lowest BCUT2D eigenvalue weighted by atomic mass is 10.1. The number of fused-ring (bicyclic) bond motifs is 2. The van der Waals surface area contributed by atoms with Gasteiger partial charge in [0.15, 0.2) is 11.5 Å². The Balaban J connectivity index is 1.56. The molecule has 0 atom stereocenters. The highest BCUT2D eigenvalue weighted by molar-refractivity contribution is 5.98. The van der Waals surface area contributed by atoms with E-state index in [0.29, 0.717) is 40.1 Å². The van der Waals surface area contributed by atoms with Crippen LogP contribution in [-0.4, -0.2) is 35.9 Å². The number of ether oxygens (including phenoxy) is 2. The minimum absolute atomic E-state index is 0.0578. The second kappa shape index (κ2) is 7.75. The largest absolute Gasteiger partial charge is 0.493 e. The third kappa shape index (κ3) is 3.44. The van der Waals surface area contributed by atoms with Crippen molar-refractivity contribution in [2.45, 2.75) is 19.4 Å². The van der Waals surface area contributed by atoms with Crippen molar-refractivity contribution in [3.8, 4) is 11.5 Å². The number of benzene rings is 2. The van der Waals surface area contributed by atoms with E-state index in [-0.39, 0.29) is 5.56 Å². The molecule has 0 spiro atoms. The van der Waals surface area contributed by atoms with Crippen LogP contribution in [0.4, 0.5) is 0 Å². The van der Waals surface area contributed by atoms with Crippen LogP contribution < -0.4 is 20.5 Å². The maximum atomic E-state index is 12.5. The third-order valence-electron chi connectivity index (χ3n) is 4.88. The van der Waals surface area contributed by atoms with Crippen molar-refractivity contribution in [2.75, 3.05) is 14.2 Å². The lowest BCUT2D eigenvalue weighted by Crippen LogP contribution is -2.22. The Kier molecular flexibility index (Phi) is 4.99. The van der Waals surface area contributed by atoms with Crippen LogP contribution in [0.15, 0.2) is 46.3 Å². The van der Waals surface area contributed by atoms with Gasteiger partial charge < -0.3 is 9.47 Å². The Morgan fingerprint density at radius 3 is 2.90 bits per heavy atom. The second-order valence-corrected chi connectivity index (χ2v) is 6.60. The molecule has 8 heteroatoms. The first-order chi connectivity index (χ1) is 14.1. The van der Waals surface area contributed by atoms with E-state index >= 15 is 0 Å². The maximum absolute atomic E-state index is 12.5. The number of hydrogen-bond donors (Lipinski definition) is 1. The van der Waals surface area contributed by atoms with E-state index in [9.17, 15) is 9.59 Å². The first-order valence-electron chi connectivity index (χ1n) is 9.20. The molecular formula is C21H20N4O4. The first kappa shape index (κ1) is 18.7. The number of carbonyl (C=O) groups is 1. The molecule has 2 aromatic carbocycles. The monoisotopic (exact) mass is 392 g/mol. The average molecular weight is 392 g/mol. The normalized spacial score (nSPS) is 12.9. The van der Waals surface area contributed by atoms with E-state index in [1.165, 1.54) is 13.3 Å². The highest BCUT2D eigenvalue weighted by atomic mass is 16.5. The number of carbonyl (C=O) groups excluding carboxylic acids is 1. The number of amides is 1. The molecule has 0 fully saturated rings. The molecule has 3 aromatic rings. The zero-order valence-electron chi connectivity index (χ0n) is 16.1. The number of hydrazone groups is 1. The van der Waals surface area contributed by atoms with Gasteiger partial charge in [-0.3, -0.25) is 14.2 Å². The topological polar surface area (TPSA) is 94.8 Å². The number of rotatable bonds is 5. The van der Waals surface area contributed by atoms with Crippen molar-refractivity contribution >= 4 is 23.0 Å². The molecule has 0 bridgehead atoms. The Hall–Kier alpha value is -3.68. The molecule has 0 aliphatic carbocycles. The lowest BCUT2D eigenvalue weighted by molar-refractivity contribution is 0.0955. The molecule has 2 heterocycles. The van der Waals surface area contributed by atoms with E-state index in [4.69, 9.17) is 9.47 Å². The molecule has 0 saturated heterocycles. The molecule has 1 aromatic heterocycles. The van der Waals surface area contributed by atoms with Gasteiger partial charge in [0.05, 0.1) is 31.3 Å². The van der Waals surface area contributed by atoms with Crippen molar-refractivity contribution in [3.05, 3.63) is 63.7 Å². The highest BCUT2D eigenvalue weighted by Gasteiger charge is 2.17. The van der Waals surface area contributed by atoms with Gasteiger partial charge in [0, 0.05) is 24.1 Å². The van der Waals surface area contributed by atoms with E-state index in [0.717, 1.165) is 18.7 Å². The first-order valence-corrected chi connectivity index (χ1v) is 9.20. The minimum atomic E-state index is -0.396. The maximum Gasteiger partial charge on any atom is 0.271 e.